The van der Waals surface area contributed by atoms with Crippen LogP contribution in [0.25, 0.3) is 28.3 Å². The van der Waals surface area contributed by atoms with Crippen molar-refractivity contribution < 1.29 is 9.21 Å². The van der Waals surface area contributed by atoms with Gasteiger partial charge in [-0.15, -0.1) is 0 Å². The second-order valence-electron chi connectivity index (χ2n) is 9.84. The predicted octanol–water partition coefficient (Wildman–Crippen LogP) is 9.88. The fraction of sp³-hybridized carbons (Fsp3) is 0.472. The van der Waals surface area contributed by atoms with Crippen LogP contribution in [-0.2, 0) is 4.79 Å². The van der Waals surface area contributed by atoms with Gasteiger partial charge >= 0.3 is 0 Å². The minimum absolute atomic E-state index is 0.0695. The van der Waals surface area contributed by atoms with Gasteiger partial charge in [-0.25, -0.2) is 4.98 Å². The molecule has 1 amide bonds. The molecule has 0 aliphatic heterocycles. The molecule has 6 nitrogen and oxygen atoms in total. The minimum Gasteiger partial charge on any atom is -0.464 e. The maximum absolute atomic E-state index is 13.8. The molecule has 0 spiro atoms. The zero-order chi connectivity index (χ0) is 32.5. The predicted molar refractivity (Wildman–Crippen MR) is 186 cm³/mol. The number of hydrogen-bond donors (Lipinski definition) is 1. The lowest BCUT2D eigenvalue weighted by Gasteiger charge is -2.20. The molecule has 3 aromatic rings. The highest BCUT2D eigenvalue weighted by Crippen LogP contribution is 2.36. The normalized spacial score (nSPS) is 12.0. The van der Waals surface area contributed by atoms with Crippen molar-refractivity contribution in [2.75, 3.05) is 5.75 Å². The van der Waals surface area contributed by atoms with Crippen molar-refractivity contribution in [2.24, 2.45) is 0 Å². The van der Waals surface area contributed by atoms with E-state index in [1.165, 1.54) is 16.3 Å². The summed E-state index contributed by atoms with van der Waals surface area (Å²) in [4.78, 5) is 31.7. The third-order valence-corrected chi connectivity index (χ3v) is 7.95. The molecule has 2 heterocycles. The molecular weight excluding hydrogens is 554 g/mol. The topological polar surface area (TPSA) is 77.1 Å². The molecule has 2 unspecified atom stereocenters. The molecule has 0 aliphatic rings. The molecule has 236 valence electrons. The van der Waals surface area contributed by atoms with E-state index >= 15 is 0 Å². The van der Waals surface area contributed by atoms with Gasteiger partial charge in [0.1, 0.15) is 5.76 Å². The molecule has 0 aliphatic carbocycles. The zero-order valence-corrected chi connectivity index (χ0v) is 28.9. The number of thioether (sulfide) groups is 1. The summed E-state index contributed by atoms with van der Waals surface area (Å²) >= 11 is 1.26. The summed E-state index contributed by atoms with van der Waals surface area (Å²) in [5.74, 6) is 1.10. The molecule has 1 aromatic carbocycles. The van der Waals surface area contributed by atoms with Gasteiger partial charge in [-0.05, 0) is 68.9 Å². The number of nitrogens with zero attached hydrogens (tertiary/aromatic N) is 2. The smallest absolute Gasteiger partial charge is 0.262 e. The van der Waals surface area contributed by atoms with Crippen LogP contribution in [0, 0.1) is 6.92 Å². The van der Waals surface area contributed by atoms with E-state index in [0.29, 0.717) is 22.1 Å². The first kappa shape index (κ1) is 37.7. The van der Waals surface area contributed by atoms with Crippen LogP contribution in [0.4, 0.5) is 0 Å². The van der Waals surface area contributed by atoms with Crippen molar-refractivity contribution >= 4 is 23.4 Å². The molecule has 43 heavy (non-hydrogen) atoms. The molecule has 1 N–H and O–H groups in total. The Hall–Kier alpha value is -3.32. The third kappa shape index (κ3) is 10.1. The molecule has 0 radical (unpaired) electrons. The minimum atomic E-state index is -0.193. The van der Waals surface area contributed by atoms with E-state index in [9.17, 15) is 9.59 Å². The number of furan rings is 1. The number of carbonyl (C=O) groups is 1. The van der Waals surface area contributed by atoms with Crippen molar-refractivity contribution in [3.05, 3.63) is 76.8 Å². The Morgan fingerprint density at radius 2 is 1.84 bits per heavy atom. The van der Waals surface area contributed by atoms with Crippen LogP contribution in [0.5, 0.6) is 0 Å². The highest BCUT2D eigenvalue weighted by Gasteiger charge is 2.22. The number of rotatable bonds is 13. The maximum Gasteiger partial charge on any atom is 0.262 e. The lowest BCUT2D eigenvalue weighted by Crippen LogP contribution is -2.35. The highest BCUT2D eigenvalue weighted by atomic mass is 32.2. The number of allylic oxidation sites excluding steroid dienone is 3. The molecular formula is C36H53N3O3S. The Kier molecular flexibility index (Phi) is 17.4. The summed E-state index contributed by atoms with van der Waals surface area (Å²) < 4.78 is 7.17. The van der Waals surface area contributed by atoms with E-state index in [0.717, 1.165) is 48.1 Å². The van der Waals surface area contributed by atoms with Crippen LogP contribution in [0.3, 0.4) is 0 Å². The quantitative estimate of drug-likeness (QED) is 0.119. The van der Waals surface area contributed by atoms with Gasteiger partial charge in [0, 0.05) is 28.4 Å². The van der Waals surface area contributed by atoms with Crippen molar-refractivity contribution in [2.45, 2.75) is 112 Å². The Bertz CT molecular complexity index is 1370. The number of aromatic nitrogens is 2. The van der Waals surface area contributed by atoms with E-state index in [1.807, 2.05) is 59.8 Å². The number of carbonyl (C=O) groups excluding carboxylic acids is 1. The maximum atomic E-state index is 13.8. The van der Waals surface area contributed by atoms with Crippen LogP contribution < -0.4 is 10.9 Å². The second-order valence-corrected chi connectivity index (χ2v) is 10.8. The van der Waals surface area contributed by atoms with E-state index < -0.39 is 0 Å². The molecule has 2 atom stereocenters. The van der Waals surface area contributed by atoms with E-state index in [1.54, 1.807) is 12.3 Å². The lowest BCUT2D eigenvalue weighted by atomic mass is 9.89. The Morgan fingerprint density at radius 3 is 2.40 bits per heavy atom. The van der Waals surface area contributed by atoms with Crippen molar-refractivity contribution in [3.8, 4) is 22.6 Å². The first-order valence-corrected chi connectivity index (χ1v) is 16.8. The van der Waals surface area contributed by atoms with E-state index in [4.69, 9.17) is 9.40 Å². The van der Waals surface area contributed by atoms with Gasteiger partial charge in [0.2, 0.25) is 5.91 Å². The van der Waals surface area contributed by atoms with E-state index in [-0.39, 0.29) is 29.2 Å². The molecule has 2 aromatic heterocycles. The summed E-state index contributed by atoms with van der Waals surface area (Å²) in [6.45, 7) is 24.3. The third-order valence-electron chi connectivity index (χ3n) is 7.01. The largest absolute Gasteiger partial charge is 0.464 e. The molecule has 0 fully saturated rings. The Balaban J connectivity index is 0.00000221. The summed E-state index contributed by atoms with van der Waals surface area (Å²) in [5.41, 5.74) is 4.40. The summed E-state index contributed by atoms with van der Waals surface area (Å²) in [7, 11) is 0. The SMILES string of the molecule is C=C(/C=C\C)n1c(SCC(=O)NC(CC)CCC)nc(-c2cc(-c3ccco3)ccc2C(C)CC)c(C)c1=O.CC.CC. The van der Waals surface area contributed by atoms with Gasteiger partial charge in [0.05, 0.1) is 17.7 Å². The molecule has 0 bridgehead atoms. The van der Waals surface area contributed by atoms with Gasteiger partial charge in [-0.3, -0.25) is 14.2 Å². The molecule has 3 rings (SSSR count). The fourth-order valence-corrected chi connectivity index (χ4v) is 5.43. The van der Waals surface area contributed by atoms with Gasteiger partial charge in [0.25, 0.3) is 5.56 Å². The van der Waals surface area contributed by atoms with Crippen molar-refractivity contribution in [3.63, 3.8) is 0 Å². The number of hydrogen-bond acceptors (Lipinski definition) is 5. The van der Waals surface area contributed by atoms with Crippen molar-refractivity contribution in [1.82, 2.24) is 14.9 Å². The molecule has 0 saturated heterocycles. The average Bonchev–Trinajstić information content (AvgIpc) is 3.58. The molecule has 7 heteroatoms. The number of amides is 1. The molecule has 0 saturated carbocycles. The second kappa shape index (κ2) is 19.8. The van der Waals surface area contributed by atoms with Gasteiger partial charge in [-0.1, -0.05) is 98.4 Å². The van der Waals surface area contributed by atoms with Crippen LogP contribution in [0.2, 0.25) is 0 Å². The number of nitrogens with one attached hydrogen (secondary N) is 1. The van der Waals surface area contributed by atoms with Gasteiger partial charge in [0.15, 0.2) is 5.16 Å². The zero-order valence-electron chi connectivity index (χ0n) is 28.0. The highest BCUT2D eigenvalue weighted by molar-refractivity contribution is 7.99. The average molecular weight is 608 g/mol. The van der Waals surface area contributed by atoms with Crippen LogP contribution >= 0.6 is 11.8 Å². The van der Waals surface area contributed by atoms with Crippen LogP contribution in [0.15, 0.2) is 69.7 Å². The Morgan fingerprint density at radius 1 is 1.14 bits per heavy atom. The Labute approximate surface area is 264 Å². The summed E-state index contributed by atoms with van der Waals surface area (Å²) in [6.07, 6.45) is 9.04. The van der Waals surface area contributed by atoms with Crippen LogP contribution in [0.1, 0.15) is 105 Å². The summed E-state index contributed by atoms with van der Waals surface area (Å²) in [5, 5.41) is 3.56. The standard InChI is InChI=1S/C32H41N3O3S.2C2H6/c1-8-13-22(6)35-31(37)23(7)30(34-32(35)39-20-29(36)33-25(11-4)14-9-2)27-19-24(28-15-12-18-38-28)16-17-26(27)21(5)10-3;2*1-2/h8,12-13,15-19,21,25H,6,9-11,14,20H2,1-5,7H3,(H,33,36);2*1-2H3/b13-8-;;. The number of benzene rings is 1. The summed E-state index contributed by atoms with van der Waals surface area (Å²) in [6, 6.07) is 10.1. The lowest BCUT2D eigenvalue weighted by molar-refractivity contribution is -0.119. The van der Waals surface area contributed by atoms with Crippen LogP contribution in [-0.4, -0.2) is 27.3 Å². The monoisotopic (exact) mass is 607 g/mol. The first-order valence-electron chi connectivity index (χ1n) is 15.8. The van der Waals surface area contributed by atoms with E-state index in [2.05, 4.69) is 57.8 Å². The van der Waals surface area contributed by atoms with Crippen molar-refractivity contribution in [1.29, 1.82) is 0 Å². The fourth-order valence-electron chi connectivity index (χ4n) is 4.60. The van der Waals surface area contributed by atoms with Gasteiger partial charge in [-0.2, -0.15) is 0 Å². The van der Waals surface area contributed by atoms with Gasteiger partial charge < -0.3 is 9.73 Å². The first-order chi connectivity index (χ1) is 20.7.